The minimum Gasteiger partial charge on any atom is -0.364 e. The van der Waals surface area contributed by atoms with Gasteiger partial charge in [0.05, 0.1) is 18.3 Å². The minimum absolute atomic E-state index is 0. The zero-order chi connectivity index (χ0) is 14.1. The topological polar surface area (TPSA) is 73.4 Å². The number of amides is 1. The molecule has 3 atom stereocenters. The molecule has 1 unspecified atom stereocenters. The highest BCUT2D eigenvalue weighted by atomic mass is 35.5. The van der Waals surface area contributed by atoms with Crippen molar-refractivity contribution in [2.45, 2.75) is 43.9 Å². The van der Waals surface area contributed by atoms with Crippen molar-refractivity contribution < 1.29 is 9.53 Å². The van der Waals surface area contributed by atoms with Crippen molar-refractivity contribution in [3.63, 3.8) is 0 Å². The number of aryl methyl sites for hydroxylation is 1. The van der Waals surface area contributed by atoms with Gasteiger partial charge in [0.15, 0.2) is 0 Å². The molecule has 0 spiro atoms. The first kappa shape index (κ1) is 19.2. The normalized spacial score (nSPS) is 27.4. The monoisotopic (exact) mass is 350 g/mol. The van der Waals surface area contributed by atoms with Crippen LogP contribution in [0, 0.1) is 0 Å². The number of nitrogens with zero attached hydrogens (tertiary/aromatic N) is 3. The fourth-order valence-electron chi connectivity index (χ4n) is 3.23. The Morgan fingerprint density at radius 2 is 2.18 bits per heavy atom. The first-order valence-electron chi connectivity index (χ1n) is 7.33. The quantitative estimate of drug-likeness (QED) is 0.894. The van der Waals surface area contributed by atoms with E-state index in [9.17, 15) is 4.79 Å². The van der Waals surface area contributed by atoms with Crippen LogP contribution < -0.4 is 5.73 Å². The second-order valence-electron chi connectivity index (χ2n) is 5.70. The zero-order valence-electron chi connectivity index (χ0n) is 12.7. The van der Waals surface area contributed by atoms with Gasteiger partial charge in [-0.25, -0.2) is 0 Å². The molecule has 2 N–H and O–H groups in total. The van der Waals surface area contributed by atoms with E-state index < -0.39 is 0 Å². The molecule has 8 heteroatoms. The van der Waals surface area contributed by atoms with Gasteiger partial charge in [-0.15, -0.1) is 24.8 Å². The van der Waals surface area contributed by atoms with E-state index in [1.807, 2.05) is 24.3 Å². The van der Waals surface area contributed by atoms with E-state index in [0.717, 1.165) is 37.8 Å². The molecule has 3 heterocycles. The molecule has 1 aromatic heterocycles. The lowest BCUT2D eigenvalue weighted by atomic mass is 10.1. The summed E-state index contributed by atoms with van der Waals surface area (Å²) in [5.41, 5.74) is 6.73. The summed E-state index contributed by atoms with van der Waals surface area (Å²) < 4.78 is 7.52. The van der Waals surface area contributed by atoms with Gasteiger partial charge in [-0.3, -0.25) is 9.48 Å². The van der Waals surface area contributed by atoms with Crippen LogP contribution in [0.3, 0.4) is 0 Å². The number of carbonyl (C=O) groups is 1. The van der Waals surface area contributed by atoms with Gasteiger partial charge in [-0.1, -0.05) is 0 Å². The lowest BCUT2D eigenvalue weighted by Crippen LogP contribution is -2.39. The van der Waals surface area contributed by atoms with Crippen LogP contribution in [0.2, 0.25) is 0 Å². The highest BCUT2D eigenvalue weighted by molar-refractivity contribution is 5.85. The number of ether oxygens (including phenoxy) is 1. The summed E-state index contributed by atoms with van der Waals surface area (Å²) in [6, 6.07) is 0.150. The fourth-order valence-corrected chi connectivity index (χ4v) is 3.23. The maximum Gasteiger partial charge on any atom is 0.252 e. The van der Waals surface area contributed by atoms with E-state index in [1.54, 1.807) is 4.68 Å². The molecule has 0 saturated carbocycles. The van der Waals surface area contributed by atoms with E-state index in [4.69, 9.17) is 10.5 Å². The highest BCUT2D eigenvalue weighted by Gasteiger charge is 2.38. The number of carbonyl (C=O) groups excluding carboxylic acids is 1. The third-order valence-electron chi connectivity index (χ3n) is 4.29. The van der Waals surface area contributed by atoms with Crippen molar-refractivity contribution >= 4 is 30.7 Å². The summed E-state index contributed by atoms with van der Waals surface area (Å²) in [6.07, 6.45) is 7.31. The summed E-state index contributed by atoms with van der Waals surface area (Å²) >= 11 is 0. The number of aromatic nitrogens is 2. The van der Waals surface area contributed by atoms with Crippen molar-refractivity contribution in [3.05, 3.63) is 18.0 Å². The fraction of sp³-hybridized carbons (Fsp3) is 0.714. The Bertz CT molecular complexity index is 497. The lowest BCUT2D eigenvalue weighted by molar-refractivity contribution is -0.143. The number of hydrogen-bond donors (Lipinski definition) is 1. The summed E-state index contributed by atoms with van der Waals surface area (Å²) in [6.45, 7) is 1.31. The van der Waals surface area contributed by atoms with E-state index in [1.165, 1.54) is 0 Å². The standard InChI is InChI=1S/C14H22N4O2.2ClH/c1-17-9-10(8-16-17)12-3-2-6-18(12)14(19)13-5-4-11(7-15)20-13;;/h8-9,11-13H,2-7,15H2,1H3;2*1H/t11-,12?,13+;;/m1../s1. The van der Waals surface area contributed by atoms with E-state index in [-0.39, 0.29) is 49.0 Å². The molecule has 0 aliphatic carbocycles. The molecular formula is C14H24Cl2N4O2. The molecule has 0 bridgehead atoms. The third kappa shape index (κ3) is 3.74. The number of halogens is 2. The van der Waals surface area contributed by atoms with Gasteiger partial charge in [0, 0.05) is 31.9 Å². The molecule has 1 aromatic rings. The number of rotatable bonds is 3. The van der Waals surface area contributed by atoms with Crippen LogP contribution in [0.15, 0.2) is 12.4 Å². The highest BCUT2D eigenvalue weighted by Crippen LogP contribution is 2.34. The van der Waals surface area contributed by atoms with Crippen molar-refractivity contribution in [2.75, 3.05) is 13.1 Å². The first-order chi connectivity index (χ1) is 9.69. The van der Waals surface area contributed by atoms with Gasteiger partial charge in [-0.05, 0) is 25.7 Å². The Labute approximate surface area is 143 Å². The van der Waals surface area contributed by atoms with Crippen molar-refractivity contribution in [3.8, 4) is 0 Å². The maximum atomic E-state index is 12.6. The molecule has 0 radical (unpaired) electrons. The zero-order valence-corrected chi connectivity index (χ0v) is 14.3. The van der Waals surface area contributed by atoms with E-state index in [2.05, 4.69) is 5.10 Å². The molecule has 22 heavy (non-hydrogen) atoms. The lowest BCUT2D eigenvalue weighted by Gasteiger charge is -2.26. The summed E-state index contributed by atoms with van der Waals surface area (Å²) in [4.78, 5) is 14.6. The van der Waals surface area contributed by atoms with Crippen LogP contribution in [0.4, 0.5) is 0 Å². The molecule has 126 valence electrons. The largest absolute Gasteiger partial charge is 0.364 e. The van der Waals surface area contributed by atoms with Gasteiger partial charge in [0.2, 0.25) is 0 Å². The van der Waals surface area contributed by atoms with Crippen LogP contribution in [0.1, 0.15) is 37.3 Å². The number of likely N-dealkylation sites (tertiary alicyclic amines) is 1. The molecule has 3 rings (SSSR count). The Balaban J connectivity index is 0.00000121. The van der Waals surface area contributed by atoms with E-state index in [0.29, 0.717) is 6.54 Å². The Morgan fingerprint density at radius 1 is 1.41 bits per heavy atom. The summed E-state index contributed by atoms with van der Waals surface area (Å²) in [5.74, 6) is 0.118. The van der Waals surface area contributed by atoms with Crippen LogP contribution in [0.5, 0.6) is 0 Å². The molecule has 0 aromatic carbocycles. The molecule has 2 fully saturated rings. The molecule has 2 aliphatic heterocycles. The average molecular weight is 351 g/mol. The van der Waals surface area contributed by atoms with Crippen LogP contribution in [-0.4, -0.2) is 45.9 Å². The predicted octanol–water partition coefficient (Wildman–Crippen LogP) is 1.43. The van der Waals surface area contributed by atoms with Crippen LogP contribution in [-0.2, 0) is 16.6 Å². The molecule has 6 nitrogen and oxygen atoms in total. The molecule has 2 saturated heterocycles. The summed E-state index contributed by atoms with van der Waals surface area (Å²) in [5, 5.41) is 4.21. The molecule has 1 amide bonds. The van der Waals surface area contributed by atoms with Gasteiger partial charge >= 0.3 is 0 Å². The maximum absolute atomic E-state index is 12.6. The van der Waals surface area contributed by atoms with Gasteiger partial charge in [-0.2, -0.15) is 5.10 Å². The predicted molar refractivity (Wildman–Crippen MR) is 88.3 cm³/mol. The van der Waals surface area contributed by atoms with Gasteiger partial charge in [0.1, 0.15) is 6.10 Å². The van der Waals surface area contributed by atoms with Crippen LogP contribution in [0.25, 0.3) is 0 Å². The molecule has 2 aliphatic rings. The third-order valence-corrected chi connectivity index (χ3v) is 4.29. The number of hydrogen-bond acceptors (Lipinski definition) is 4. The Kier molecular flexibility index (Phi) is 7.12. The van der Waals surface area contributed by atoms with Crippen molar-refractivity contribution in [1.82, 2.24) is 14.7 Å². The average Bonchev–Trinajstić information content (AvgIpc) is 3.17. The Morgan fingerprint density at radius 3 is 2.77 bits per heavy atom. The minimum atomic E-state index is -0.305. The van der Waals surface area contributed by atoms with Gasteiger partial charge in [0.25, 0.3) is 5.91 Å². The number of nitrogens with two attached hydrogens (primary N) is 1. The van der Waals surface area contributed by atoms with Crippen molar-refractivity contribution in [2.24, 2.45) is 12.8 Å². The van der Waals surface area contributed by atoms with Crippen molar-refractivity contribution in [1.29, 1.82) is 0 Å². The first-order valence-corrected chi connectivity index (χ1v) is 7.33. The second-order valence-corrected chi connectivity index (χ2v) is 5.70. The van der Waals surface area contributed by atoms with Gasteiger partial charge < -0.3 is 15.4 Å². The summed E-state index contributed by atoms with van der Waals surface area (Å²) in [7, 11) is 1.90. The SMILES string of the molecule is Cl.Cl.Cn1cc(C2CCCN2C(=O)[C@@H]2CC[C@H](CN)O2)cn1. The second kappa shape index (κ2) is 8.15. The van der Waals surface area contributed by atoms with Crippen LogP contribution >= 0.6 is 24.8 Å². The van der Waals surface area contributed by atoms with E-state index >= 15 is 0 Å². The smallest absolute Gasteiger partial charge is 0.252 e. The Hall–Kier alpha value is -0.820. The molecular weight excluding hydrogens is 327 g/mol.